The van der Waals surface area contributed by atoms with E-state index in [1.807, 2.05) is 0 Å². The summed E-state index contributed by atoms with van der Waals surface area (Å²) in [5, 5.41) is 0. The third kappa shape index (κ3) is 3.18. The number of aryl methyl sites for hydroxylation is 1. The maximum absolute atomic E-state index is 4.68. The second kappa shape index (κ2) is 6.92. The third-order valence-corrected chi connectivity index (χ3v) is 4.00. The van der Waals surface area contributed by atoms with E-state index in [1.54, 1.807) is 0 Å². The number of rotatable bonds is 2. The molecule has 1 aromatic carbocycles. The number of benzene rings is 1. The molecule has 1 aromatic heterocycles. The number of nitrogens with zero attached hydrogens (tertiary/aromatic N) is 2. The van der Waals surface area contributed by atoms with E-state index >= 15 is 0 Å². The molecular weight excluding hydrogens is 359 g/mol. The van der Waals surface area contributed by atoms with Crippen LogP contribution in [0.25, 0.3) is 11.0 Å². The van der Waals surface area contributed by atoms with Gasteiger partial charge in [0.2, 0.25) is 0 Å². The molecule has 1 aliphatic carbocycles. The second-order valence-corrected chi connectivity index (χ2v) is 8.05. The van der Waals surface area contributed by atoms with E-state index in [-0.39, 0.29) is 0 Å². The summed E-state index contributed by atoms with van der Waals surface area (Å²) in [5.74, 6) is 1.76. The normalized spacial score (nSPS) is 15.3. The molecule has 1 aliphatic rings. The average molecular weight is 385 g/mol. The van der Waals surface area contributed by atoms with Gasteiger partial charge in [-0.05, 0) is 49.8 Å². The molecule has 0 amide bonds. The topological polar surface area (TPSA) is 17.8 Å². The largest absolute Gasteiger partial charge is 0.325 e. The van der Waals surface area contributed by atoms with Crippen LogP contribution in [0.15, 0.2) is 18.2 Å². The zero-order valence-electron chi connectivity index (χ0n) is 13.3. The molecule has 112 valence electrons. The van der Waals surface area contributed by atoms with E-state index in [9.17, 15) is 0 Å². The summed E-state index contributed by atoms with van der Waals surface area (Å²) in [6, 6.07) is 7.41. The van der Waals surface area contributed by atoms with Gasteiger partial charge in [0.05, 0.1) is 11.0 Å². The van der Waals surface area contributed by atoms with E-state index in [0.29, 0.717) is 33.2 Å². The Hall–Kier alpha value is -0.580. The molecule has 3 heteroatoms. The van der Waals surface area contributed by atoms with Gasteiger partial charge < -0.3 is 4.57 Å². The van der Waals surface area contributed by atoms with Crippen LogP contribution >= 0.6 is 0 Å². The predicted molar refractivity (Wildman–Crippen MR) is 83.3 cm³/mol. The number of halogens is 1. The van der Waals surface area contributed by atoms with Crippen LogP contribution in [0.4, 0.5) is 0 Å². The van der Waals surface area contributed by atoms with Gasteiger partial charge in [0.1, 0.15) is 5.82 Å². The Morgan fingerprint density at radius 1 is 1.25 bits per heavy atom. The van der Waals surface area contributed by atoms with Crippen molar-refractivity contribution in [3.63, 3.8) is 0 Å². The van der Waals surface area contributed by atoms with Crippen LogP contribution in [-0.4, -0.2) is 19.4 Å². The Kier molecular flexibility index (Phi) is 5.47. The number of hydrogen-bond donors (Lipinski definition) is 0. The summed E-state index contributed by atoms with van der Waals surface area (Å²) in [4.78, 5) is 9.15. The minimum absolute atomic E-state index is 0.587. The minimum Gasteiger partial charge on any atom is -0.325 e. The van der Waals surface area contributed by atoms with Gasteiger partial charge >= 0.3 is 31.1 Å². The quantitative estimate of drug-likeness (QED) is 0.567. The first kappa shape index (κ1) is 15.8. The second-order valence-electron chi connectivity index (χ2n) is 5.89. The van der Waals surface area contributed by atoms with Crippen molar-refractivity contribution in [3.05, 3.63) is 29.6 Å². The average Bonchev–Trinajstić information content (AvgIpc) is 2.65. The van der Waals surface area contributed by atoms with E-state index in [4.69, 9.17) is 0 Å². The maximum atomic E-state index is 4.68. The maximum Gasteiger partial charge on any atom is 0.106 e. The number of imidazole rings is 1. The molecule has 0 saturated heterocycles. The number of aromatic nitrogens is 2. The van der Waals surface area contributed by atoms with Gasteiger partial charge in [0, 0.05) is 6.04 Å². The van der Waals surface area contributed by atoms with E-state index in [2.05, 4.69) is 58.4 Å². The molecule has 0 spiro atoms. The first-order chi connectivity index (χ1) is 9.58. The molecule has 0 atom stereocenters. The van der Waals surface area contributed by atoms with Gasteiger partial charge in [-0.3, -0.25) is 0 Å². The van der Waals surface area contributed by atoms with Crippen LogP contribution in [0.3, 0.4) is 0 Å². The van der Waals surface area contributed by atoms with E-state index in [0.717, 1.165) is 5.52 Å². The van der Waals surface area contributed by atoms with Crippen molar-refractivity contribution in [2.24, 2.45) is 0 Å². The summed E-state index contributed by atoms with van der Waals surface area (Å²) < 4.78 is 2.45. The molecule has 1 fully saturated rings. The number of fused-ring (bicyclic) bond motifs is 1. The van der Waals surface area contributed by atoms with Crippen LogP contribution in [0.5, 0.6) is 0 Å². The smallest absolute Gasteiger partial charge is 0.106 e. The summed E-state index contributed by atoms with van der Waals surface area (Å²) in [6.07, 6.45) is 4.00. The van der Waals surface area contributed by atoms with Crippen molar-refractivity contribution in [2.75, 3.05) is 9.86 Å². The Morgan fingerprint density at radius 3 is 2.40 bits per heavy atom. The Labute approximate surface area is 133 Å². The molecule has 0 radical (unpaired) electrons. The fraction of sp³-hybridized carbons (Fsp3) is 0.588. The van der Waals surface area contributed by atoms with Crippen LogP contribution in [0, 0.1) is 6.92 Å². The molecule has 2 aromatic rings. The van der Waals surface area contributed by atoms with Crippen molar-refractivity contribution >= 4 is 11.0 Å². The Bertz CT molecular complexity index is 568. The first-order valence-corrected chi connectivity index (χ1v) is 11.7. The number of hydrogen-bond acceptors (Lipinski definition) is 1. The summed E-state index contributed by atoms with van der Waals surface area (Å²) in [5.41, 5.74) is 3.90. The fourth-order valence-electron chi connectivity index (χ4n) is 2.70. The first-order valence-electron chi connectivity index (χ1n) is 7.41. The zero-order valence-corrected chi connectivity index (χ0v) is 15.4. The molecule has 0 unspecified atom stereocenters. The zero-order chi connectivity index (χ0) is 14.7. The SMILES string of the molecule is C[I-]C.Cc1nc2ccc(C(C)C)cc2n1C1CCC1. The van der Waals surface area contributed by atoms with Gasteiger partial charge in [0.25, 0.3) is 0 Å². The van der Waals surface area contributed by atoms with Crippen LogP contribution in [-0.2, 0) is 0 Å². The molecule has 0 N–H and O–H groups in total. The standard InChI is InChI=1S/C15H20N2.C2H6I/c1-10(2)12-7-8-14-15(9-12)17(11(3)16-14)13-5-4-6-13;1-3-2/h7-10,13H,4-6H2,1-3H3;1-2H3/q;-1. The molecule has 20 heavy (non-hydrogen) atoms. The number of alkyl halides is 2. The van der Waals surface area contributed by atoms with Gasteiger partial charge in [0.15, 0.2) is 0 Å². The van der Waals surface area contributed by atoms with Crippen molar-refractivity contribution < 1.29 is 21.2 Å². The van der Waals surface area contributed by atoms with Crippen molar-refractivity contribution in [3.8, 4) is 0 Å². The van der Waals surface area contributed by atoms with Gasteiger partial charge in [-0.2, -0.15) is 0 Å². The summed E-state index contributed by atoms with van der Waals surface area (Å²) in [7, 11) is 0. The van der Waals surface area contributed by atoms with Gasteiger partial charge in [-0.25, -0.2) is 4.98 Å². The summed E-state index contributed by atoms with van der Waals surface area (Å²) >= 11 is 0.590. The van der Waals surface area contributed by atoms with Crippen molar-refractivity contribution in [1.82, 2.24) is 9.55 Å². The van der Waals surface area contributed by atoms with Crippen LogP contribution in [0.2, 0.25) is 0 Å². The Balaban J connectivity index is 0.000000452. The van der Waals surface area contributed by atoms with Crippen LogP contribution < -0.4 is 21.2 Å². The third-order valence-electron chi connectivity index (χ3n) is 4.00. The van der Waals surface area contributed by atoms with Crippen molar-refractivity contribution in [2.45, 2.75) is 52.0 Å². The molecule has 0 aliphatic heterocycles. The Morgan fingerprint density at radius 2 is 1.90 bits per heavy atom. The van der Waals surface area contributed by atoms with Crippen LogP contribution in [0.1, 0.15) is 56.5 Å². The molecule has 0 bridgehead atoms. The van der Waals surface area contributed by atoms with E-state index in [1.165, 1.54) is 36.2 Å². The molecule has 3 rings (SSSR count). The fourth-order valence-corrected chi connectivity index (χ4v) is 2.70. The molecule has 1 heterocycles. The molecule has 2 nitrogen and oxygen atoms in total. The summed E-state index contributed by atoms with van der Waals surface area (Å²) in [6.45, 7) is 6.63. The monoisotopic (exact) mass is 385 g/mol. The van der Waals surface area contributed by atoms with Gasteiger partial charge in [-0.15, -0.1) is 0 Å². The predicted octanol–water partition coefficient (Wildman–Crippen LogP) is 1.53. The van der Waals surface area contributed by atoms with Gasteiger partial charge in [-0.1, -0.05) is 19.9 Å². The minimum atomic E-state index is 0.587. The molecular formula is C17H26IN2-. The molecule has 1 saturated carbocycles. The van der Waals surface area contributed by atoms with Crippen molar-refractivity contribution in [1.29, 1.82) is 0 Å². The van der Waals surface area contributed by atoms with E-state index < -0.39 is 0 Å².